The van der Waals surface area contributed by atoms with E-state index >= 15 is 0 Å². The van der Waals surface area contributed by atoms with E-state index in [1.807, 2.05) is 11.7 Å². The predicted octanol–water partition coefficient (Wildman–Crippen LogP) is 1.66. The second-order valence-corrected chi connectivity index (χ2v) is 6.61. The summed E-state index contributed by atoms with van der Waals surface area (Å²) in [5.41, 5.74) is 3.51. The van der Waals surface area contributed by atoms with Crippen molar-refractivity contribution in [1.82, 2.24) is 19.7 Å². The van der Waals surface area contributed by atoms with Crippen molar-refractivity contribution in [2.75, 3.05) is 31.2 Å². The highest BCUT2D eigenvalue weighted by atomic mass is 16.5. The van der Waals surface area contributed by atoms with Crippen LogP contribution in [0.4, 0.5) is 5.82 Å². The predicted molar refractivity (Wildman–Crippen MR) is 84.0 cm³/mol. The van der Waals surface area contributed by atoms with Gasteiger partial charge >= 0.3 is 0 Å². The molecule has 0 radical (unpaired) electrons. The van der Waals surface area contributed by atoms with Crippen LogP contribution < -0.4 is 4.90 Å². The fourth-order valence-electron chi connectivity index (χ4n) is 3.68. The molecule has 0 saturated carbocycles. The van der Waals surface area contributed by atoms with Gasteiger partial charge in [0, 0.05) is 36.6 Å². The molecule has 22 heavy (non-hydrogen) atoms. The van der Waals surface area contributed by atoms with E-state index < -0.39 is 0 Å². The Bertz CT molecular complexity index is 904. The topological polar surface area (TPSA) is 56.1 Å². The number of anilines is 1. The van der Waals surface area contributed by atoms with Crippen LogP contribution >= 0.6 is 0 Å². The Morgan fingerprint density at radius 3 is 2.73 bits per heavy atom. The highest BCUT2D eigenvalue weighted by molar-refractivity contribution is 6.08. The van der Waals surface area contributed by atoms with E-state index in [2.05, 4.69) is 39.0 Å². The molecule has 4 heterocycles. The van der Waals surface area contributed by atoms with Gasteiger partial charge in [0.2, 0.25) is 0 Å². The van der Waals surface area contributed by atoms with Crippen LogP contribution in [0.1, 0.15) is 5.69 Å². The molecule has 1 aromatic carbocycles. The number of ether oxygens (including phenoxy) is 1. The third-order valence-corrected chi connectivity index (χ3v) is 5.04. The standard InChI is InChI=1S/C16H17N5O/c1-10-13-12(19-20(10)2)4-3-11-14(13)17-9-18-15(11)21-5-16(6-21)7-22-8-16/h3-4,9H,5-8H2,1-2H3. The van der Waals surface area contributed by atoms with Crippen molar-refractivity contribution in [1.29, 1.82) is 0 Å². The smallest absolute Gasteiger partial charge is 0.139 e. The first kappa shape index (κ1) is 12.3. The summed E-state index contributed by atoms with van der Waals surface area (Å²) in [7, 11) is 1.97. The van der Waals surface area contributed by atoms with Gasteiger partial charge in [-0.3, -0.25) is 4.68 Å². The van der Waals surface area contributed by atoms with Gasteiger partial charge in [0.25, 0.3) is 0 Å². The maximum atomic E-state index is 5.36. The molecule has 1 spiro atoms. The third kappa shape index (κ3) is 1.45. The van der Waals surface area contributed by atoms with Crippen LogP contribution in [-0.4, -0.2) is 46.1 Å². The Morgan fingerprint density at radius 1 is 1.18 bits per heavy atom. The highest BCUT2D eigenvalue weighted by Gasteiger charge is 2.49. The van der Waals surface area contributed by atoms with Crippen molar-refractivity contribution in [3.8, 4) is 0 Å². The van der Waals surface area contributed by atoms with Gasteiger partial charge in [-0.1, -0.05) is 0 Å². The van der Waals surface area contributed by atoms with Gasteiger partial charge in [-0.2, -0.15) is 5.10 Å². The molecule has 0 amide bonds. The van der Waals surface area contributed by atoms with Crippen molar-refractivity contribution in [3.05, 3.63) is 24.2 Å². The SMILES string of the molecule is Cc1c2c(ccc3c(N4CC5(COC5)C4)ncnc32)nn1C. The quantitative estimate of drug-likeness (QED) is 0.683. The maximum Gasteiger partial charge on any atom is 0.139 e. The Kier molecular flexibility index (Phi) is 2.22. The van der Waals surface area contributed by atoms with Gasteiger partial charge in [0.05, 0.1) is 29.7 Å². The second kappa shape index (κ2) is 3.95. The number of aromatic nitrogens is 4. The van der Waals surface area contributed by atoms with Crippen molar-refractivity contribution >= 4 is 27.6 Å². The molecule has 2 saturated heterocycles. The monoisotopic (exact) mass is 295 g/mol. The normalized spacial score (nSPS) is 19.6. The third-order valence-electron chi connectivity index (χ3n) is 5.04. The van der Waals surface area contributed by atoms with Crippen LogP contribution in [0, 0.1) is 12.3 Å². The summed E-state index contributed by atoms with van der Waals surface area (Å²) in [4.78, 5) is 11.4. The summed E-state index contributed by atoms with van der Waals surface area (Å²) in [6.07, 6.45) is 1.67. The lowest BCUT2D eigenvalue weighted by Gasteiger charge is -2.55. The summed E-state index contributed by atoms with van der Waals surface area (Å²) in [6.45, 7) is 5.92. The van der Waals surface area contributed by atoms with Gasteiger partial charge < -0.3 is 9.64 Å². The zero-order valence-corrected chi connectivity index (χ0v) is 12.7. The average Bonchev–Trinajstić information content (AvgIpc) is 2.71. The van der Waals surface area contributed by atoms with Crippen LogP contribution in [0.5, 0.6) is 0 Å². The molecule has 6 heteroatoms. The van der Waals surface area contributed by atoms with Gasteiger partial charge in [-0.15, -0.1) is 0 Å². The van der Waals surface area contributed by atoms with Crippen LogP contribution in [0.2, 0.25) is 0 Å². The van der Waals surface area contributed by atoms with Crippen molar-refractivity contribution in [3.63, 3.8) is 0 Å². The molecule has 0 aliphatic carbocycles. The minimum Gasteiger partial charge on any atom is -0.380 e. The van der Waals surface area contributed by atoms with Crippen molar-refractivity contribution < 1.29 is 4.74 Å². The van der Waals surface area contributed by atoms with Crippen LogP contribution in [0.15, 0.2) is 18.5 Å². The molecular formula is C16H17N5O. The molecule has 0 bridgehead atoms. The van der Waals surface area contributed by atoms with Crippen molar-refractivity contribution in [2.24, 2.45) is 12.5 Å². The van der Waals surface area contributed by atoms with E-state index in [1.165, 1.54) is 0 Å². The molecular weight excluding hydrogens is 278 g/mol. The first-order valence-electron chi connectivity index (χ1n) is 7.57. The minimum atomic E-state index is 0.381. The number of fused-ring (bicyclic) bond motifs is 3. The second-order valence-electron chi connectivity index (χ2n) is 6.61. The number of hydrogen-bond acceptors (Lipinski definition) is 5. The first-order chi connectivity index (χ1) is 10.7. The molecule has 0 atom stereocenters. The number of rotatable bonds is 1. The van der Waals surface area contributed by atoms with Crippen LogP contribution in [0.3, 0.4) is 0 Å². The van der Waals surface area contributed by atoms with Gasteiger partial charge in [0.15, 0.2) is 0 Å². The zero-order valence-electron chi connectivity index (χ0n) is 12.7. The van der Waals surface area contributed by atoms with E-state index in [0.717, 1.165) is 59.6 Å². The Balaban J connectivity index is 1.68. The lowest BCUT2D eigenvalue weighted by Crippen LogP contribution is -2.66. The largest absolute Gasteiger partial charge is 0.380 e. The zero-order chi connectivity index (χ0) is 14.9. The molecule has 2 fully saturated rings. The Morgan fingerprint density at radius 2 is 2.00 bits per heavy atom. The lowest BCUT2D eigenvalue weighted by molar-refractivity contribution is -0.127. The van der Waals surface area contributed by atoms with Crippen LogP contribution in [-0.2, 0) is 11.8 Å². The van der Waals surface area contributed by atoms with Crippen LogP contribution in [0.25, 0.3) is 21.8 Å². The Hall–Kier alpha value is -2.21. The summed E-state index contributed by atoms with van der Waals surface area (Å²) in [6, 6.07) is 4.17. The lowest BCUT2D eigenvalue weighted by atomic mass is 9.78. The summed E-state index contributed by atoms with van der Waals surface area (Å²) < 4.78 is 7.27. The van der Waals surface area contributed by atoms with E-state index in [-0.39, 0.29) is 0 Å². The van der Waals surface area contributed by atoms with E-state index in [9.17, 15) is 0 Å². The number of hydrogen-bond donors (Lipinski definition) is 0. The maximum absolute atomic E-state index is 5.36. The number of aryl methyl sites for hydroxylation is 2. The minimum absolute atomic E-state index is 0.381. The van der Waals surface area contributed by atoms with Crippen molar-refractivity contribution in [2.45, 2.75) is 6.92 Å². The molecule has 0 N–H and O–H groups in total. The van der Waals surface area contributed by atoms with Gasteiger partial charge in [-0.05, 0) is 19.1 Å². The Labute approximate surface area is 127 Å². The van der Waals surface area contributed by atoms with E-state index in [1.54, 1.807) is 6.33 Å². The molecule has 5 rings (SSSR count). The molecule has 2 aromatic heterocycles. The van der Waals surface area contributed by atoms with Gasteiger partial charge in [0.1, 0.15) is 12.1 Å². The van der Waals surface area contributed by atoms with E-state index in [4.69, 9.17) is 4.74 Å². The fourth-order valence-corrected chi connectivity index (χ4v) is 3.68. The average molecular weight is 295 g/mol. The molecule has 0 unspecified atom stereocenters. The number of benzene rings is 1. The molecule has 3 aromatic rings. The fraction of sp³-hybridized carbons (Fsp3) is 0.438. The first-order valence-corrected chi connectivity index (χ1v) is 7.57. The molecule has 6 nitrogen and oxygen atoms in total. The molecule has 2 aliphatic rings. The summed E-state index contributed by atoms with van der Waals surface area (Å²) >= 11 is 0. The summed E-state index contributed by atoms with van der Waals surface area (Å²) in [5, 5.41) is 6.79. The molecule has 2 aliphatic heterocycles. The van der Waals surface area contributed by atoms with E-state index in [0.29, 0.717) is 5.41 Å². The van der Waals surface area contributed by atoms with Gasteiger partial charge in [-0.25, -0.2) is 9.97 Å². The molecule has 112 valence electrons. The highest BCUT2D eigenvalue weighted by Crippen LogP contribution is 2.41. The summed E-state index contributed by atoms with van der Waals surface area (Å²) in [5.74, 6) is 1.03. The number of nitrogens with zero attached hydrogens (tertiary/aromatic N) is 5.